The van der Waals surface area contributed by atoms with Crippen LogP contribution in [0.3, 0.4) is 0 Å². The van der Waals surface area contributed by atoms with Gasteiger partial charge in [-0.2, -0.15) is 13.2 Å². The lowest BCUT2D eigenvalue weighted by Gasteiger charge is -2.14. The SMILES string of the molecule is O=c1cc(O)c2ncc(Cc3ccc(F)cc3)cc2n1CC(F)(F)F. The average molecular weight is 352 g/mol. The molecular formula is C17H12F4N2O2. The number of pyridine rings is 2. The average Bonchev–Trinajstić information content (AvgIpc) is 2.52. The van der Waals surface area contributed by atoms with Gasteiger partial charge < -0.3 is 5.11 Å². The third-order valence-electron chi connectivity index (χ3n) is 3.64. The van der Waals surface area contributed by atoms with Crippen molar-refractivity contribution in [3.8, 4) is 5.75 Å². The summed E-state index contributed by atoms with van der Waals surface area (Å²) in [5.74, 6) is -0.879. The van der Waals surface area contributed by atoms with Crippen molar-refractivity contribution in [2.75, 3.05) is 0 Å². The van der Waals surface area contributed by atoms with Gasteiger partial charge in [-0.25, -0.2) is 4.39 Å². The highest BCUT2D eigenvalue weighted by Gasteiger charge is 2.29. The molecule has 0 atom stereocenters. The van der Waals surface area contributed by atoms with Crippen LogP contribution in [0.5, 0.6) is 5.75 Å². The van der Waals surface area contributed by atoms with Crippen molar-refractivity contribution in [3.05, 3.63) is 69.9 Å². The molecule has 0 saturated heterocycles. The molecule has 0 fully saturated rings. The van der Waals surface area contributed by atoms with Gasteiger partial charge in [-0.15, -0.1) is 0 Å². The number of hydrogen-bond donors (Lipinski definition) is 1. The maximum Gasteiger partial charge on any atom is 0.406 e. The Morgan fingerprint density at radius 3 is 2.40 bits per heavy atom. The van der Waals surface area contributed by atoms with Crippen LogP contribution in [0.4, 0.5) is 17.6 Å². The van der Waals surface area contributed by atoms with Crippen LogP contribution in [0.2, 0.25) is 0 Å². The van der Waals surface area contributed by atoms with E-state index in [-0.39, 0.29) is 11.0 Å². The Balaban J connectivity index is 2.09. The van der Waals surface area contributed by atoms with E-state index in [2.05, 4.69) is 4.98 Å². The minimum absolute atomic E-state index is 0.0910. The van der Waals surface area contributed by atoms with Gasteiger partial charge in [-0.3, -0.25) is 14.3 Å². The largest absolute Gasteiger partial charge is 0.505 e. The van der Waals surface area contributed by atoms with E-state index < -0.39 is 29.8 Å². The highest BCUT2D eigenvalue weighted by molar-refractivity contribution is 5.81. The van der Waals surface area contributed by atoms with Gasteiger partial charge in [0.2, 0.25) is 0 Å². The zero-order valence-electron chi connectivity index (χ0n) is 12.7. The first-order chi connectivity index (χ1) is 11.7. The van der Waals surface area contributed by atoms with Gasteiger partial charge in [0.25, 0.3) is 5.56 Å². The molecule has 0 bridgehead atoms. The molecule has 0 aliphatic carbocycles. The standard InChI is InChI=1S/C17H12F4N2O2/c18-12-3-1-10(2-4-12)5-11-6-13-16(22-8-11)14(24)7-15(25)23(13)9-17(19,20)21/h1-4,6-8,24H,5,9H2. The van der Waals surface area contributed by atoms with Crippen LogP contribution in [0.25, 0.3) is 11.0 Å². The molecule has 0 unspecified atom stereocenters. The number of benzene rings is 1. The third kappa shape index (κ3) is 3.78. The summed E-state index contributed by atoms with van der Waals surface area (Å²) in [5.41, 5.74) is 0.0872. The minimum atomic E-state index is -4.60. The fraction of sp³-hybridized carbons (Fsp3) is 0.176. The van der Waals surface area contributed by atoms with Gasteiger partial charge in [0, 0.05) is 12.3 Å². The molecule has 130 valence electrons. The second-order valence-corrected chi connectivity index (χ2v) is 5.58. The molecule has 4 nitrogen and oxygen atoms in total. The lowest BCUT2D eigenvalue weighted by atomic mass is 10.1. The summed E-state index contributed by atoms with van der Waals surface area (Å²) in [6.07, 6.45) is -2.91. The number of rotatable bonds is 3. The Morgan fingerprint density at radius 1 is 1.08 bits per heavy atom. The van der Waals surface area contributed by atoms with E-state index in [0.717, 1.165) is 5.56 Å². The number of hydrogen-bond acceptors (Lipinski definition) is 3. The molecule has 3 rings (SSSR count). The van der Waals surface area contributed by atoms with Crippen LogP contribution in [0.15, 0.2) is 47.4 Å². The van der Waals surface area contributed by atoms with Crippen molar-refractivity contribution >= 4 is 11.0 Å². The van der Waals surface area contributed by atoms with E-state index in [0.29, 0.717) is 22.6 Å². The van der Waals surface area contributed by atoms with Crippen LogP contribution >= 0.6 is 0 Å². The fourth-order valence-corrected chi connectivity index (χ4v) is 2.56. The normalized spacial score (nSPS) is 11.8. The predicted octanol–water partition coefficient (Wildman–Crippen LogP) is 3.39. The van der Waals surface area contributed by atoms with Crippen LogP contribution < -0.4 is 5.56 Å². The van der Waals surface area contributed by atoms with Crippen molar-refractivity contribution in [3.63, 3.8) is 0 Å². The highest BCUT2D eigenvalue weighted by atomic mass is 19.4. The van der Waals surface area contributed by atoms with Gasteiger partial charge in [0.15, 0.2) is 0 Å². The lowest BCUT2D eigenvalue weighted by molar-refractivity contribution is -0.140. The molecular weight excluding hydrogens is 340 g/mol. The molecule has 0 spiro atoms. The summed E-state index contributed by atoms with van der Waals surface area (Å²) in [6, 6.07) is 7.72. The predicted molar refractivity (Wildman–Crippen MR) is 82.9 cm³/mol. The molecule has 0 amide bonds. The van der Waals surface area contributed by atoms with Crippen LogP contribution in [0, 0.1) is 5.82 Å². The van der Waals surface area contributed by atoms with Gasteiger partial charge in [0.1, 0.15) is 23.6 Å². The summed E-state index contributed by atoms with van der Waals surface area (Å²) in [4.78, 5) is 15.8. The number of halogens is 4. The zero-order valence-corrected chi connectivity index (χ0v) is 12.7. The number of aromatic hydroxyl groups is 1. The highest BCUT2D eigenvalue weighted by Crippen LogP contribution is 2.25. The topological polar surface area (TPSA) is 55.1 Å². The number of alkyl halides is 3. The molecule has 25 heavy (non-hydrogen) atoms. The summed E-state index contributed by atoms with van der Waals surface area (Å²) >= 11 is 0. The van der Waals surface area contributed by atoms with Crippen molar-refractivity contribution in [1.82, 2.24) is 9.55 Å². The smallest absolute Gasteiger partial charge is 0.406 e. The second kappa shape index (κ2) is 6.19. The maximum atomic E-state index is 12.9. The van der Waals surface area contributed by atoms with Gasteiger partial charge in [-0.05, 0) is 35.7 Å². The van der Waals surface area contributed by atoms with E-state index in [4.69, 9.17) is 0 Å². The van der Waals surface area contributed by atoms with Gasteiger partial charge in [-0.1, -0.05) is 12.1 Å². The molecule has 0 radical (unpaired) electrons. The molecule has 2 heterocycles. The molecule has 0 saturated carbocycles. The van der Waals surface area contributed by atoms with Crippen LogP contribution in [-0.4, -0.2) is 20.8 Å². The van der Waals surface area contributed by atoms with Crippen LogP contribution in [0.1, 0.15) is 11.1 Å². The van der Waals surface area contributed by atoms with E-state index >= 15 is 0 Å². The molecule has 1 aromatic carbocycles. The quantitative estimate of drug-likeness (QED) is 0.735. The lowest BCUT2D eigenvalue weighted by Crippen LogP contribution is -2.28. The van der Waals surface area contributed by atoms with E-state index in [9.17, 15) is 27.5 Å². The van der Waals surface area contributed by atoms with Crippen LogP contribution in [-0.2, 0) is 13.0 Å². The molecule has 0 aliphatic heterocycles. The van der Waals surface area contributed by atoms with Crippen molar-refractivity contribution in [2.45, 2.75) is 19.1 Å². The summed E-state index contributed by atoms with van der Waals surface area (Å²) in [7, 11) is 0. The summed E-state index contributed by atoms with van der Waals surface area (Å²) in [6.45, 7) is -1.48. The summed E-state index contributed by atoms with van der Waals surface area (Å²) in [5, 5.41) is 9.79. The van der Waals surface area contributed by atoms with E-state index in [1.54, 1.807) is 12.1 Å². The number of aromatic nitrogens is 2. The molecule has 1 N–H and O–H groups in total. The van der Waals surface area contributed by atoms with E-state index in [1.165, 1.54) is 24.4 Å². The first-order valence-corrected chi connectivity index (χ1v) is 7.25. The van der Waals surface area contributed by atoms with Crippen molar-refractivity contribution in [1.29, 1.82) is 0 Å². The van der Waals surface area contributed by atoms with Gasteiger partial charge >= 0.3 is 6.18 Å². The number of fused-ring (bicyclic) bond motifs is 1. The monoisotopic (exact) mass is 352 g/mol. The zero-order chi connectivity index (χ0) is 18.2. The Bertz CT molecular complexity index is 979. The van der Waals surface area contributed by atoms with Gasteiger partial charge in [0.05, 0.1) is 5.52 Å². The molecule has 2 aromatic heterocycles. The molecule has 8 heteroatoms. The summed E-state index contributed by atoms with van der Waals surface area (Å²) < 4.78 is 51.7. The molecule has 0 aliphatic rings. The Hall–Kier alpha value is -2.90. The number of nitrogens with zero attached hydrogens (tertiary/aromatic N) is 2. The minimum Gasteiger partial charge on any atom is -0.505 e. The Labute approximate surface area is 139 Å². The van der Waals surface area contributed by atoms with Crippen molar-refractivity contribution < 1.29 is 22.7 Å². The maximum absolute atomic E-state index is 12.9. The second-order valence-electron chi connectivity index (χ2n) is 5.58. The Kier molecular flexibility index (Phi) is 4.20. The first kappa shape index (κ1) is 16.9. The molecule has 3 aromatic rings. The van der Waals surface area contributed by atoms with E-state index in [1.807, 2.05) is 0 Å². The first-order valence-electron chi connectivity index (χ1n) is 7.25. The van der Waals surface area contributed by atoms with Crippen molar-refractivity contribution in [2.24, 2.45) is 0 Å². The third-order valence-corrected chi connectivity index (χ3v) is 3.64. The fourth-order valence-electron chi connectivity index (χ4n) is 2.56. The Morgan fingerprint density at radius 2 is 1.76 bits per heavy atom.